The van der Waals surface area contributed by atoms with E-state index in [0.717, 1.165) is 16.7 Å². The van der Waals surface area contributed by atoms with E-state index in [1.165, 1.54) is 16.7 Å². The Labute approximate surface area is 466 Å². The maximum Gasteiger partial charge on any atom is 0.420 e. The molecule has 0 aliphatic heterocycles. The molecule has 14 rings (SSSR count). The van der Waals surface area contributed by atoms with Crippen molar-refractivity contribution in [2.45, 2.75) is 6.18 Å². The highest BCUT2D eigenvalue weighted by Crippen LogP contribution is 2.49. The molecule has 0 unspecified atom stereocenters. The van der Waals surface area contributed by atoms with Crippen LogP contribution >= 0.6 is 0 Å². The summed E-state index contributed by atoms with van der Waals surface area (Å²) in [6.45, 7) is 0. The van der Waals surface area contributed by atoms with Crippen LogP contribution in [0, 0.1) is 29.1 Å². The van der Waals surface area contributed by atoms with Crippen LogP contribution in [0.15, 0.2) is 218 Å². The minimum Gasteiger partial charge on any atom is -0.309 e. The normalized spacial score (nSPS) is 11.9. The zero-order chi connectivity index (χ0) is 56.7. The Bertz CT molecular complexity index is 4750. The molecule has 0 bridgehead atoms. The number of hydrogen-bond donors (Lipinski definition) is 0. The van der Waals surface area contributed by atoms with Gasteiger partial charge in [0.05, 0.1) is 39.0 Å². The third kappa shape index (κ3) is 8.52. The van der Waals surface area contributed by atoms with Crippen molar-refractivity contribution in [1.29, 1.82) is 0 Å². The molecule has 0 aliphatic carbocycles. The summed E-state index contributed by atoms with van der Waals surface area (Å²) in [5, 5.41) is 1.80. The molecule has 400 valence electrons. The maximum atomic E-state index is 17.2. The Balaban J connectivity index is 1.08. The first-order chi connectivity index (χ1) is 40.4. The Hall–Kier alpha value is -10.7. The van der Waals surface area contributed by atoms with Crippen molar-refractivity contribution >= 4 is 43.6 Å². The molecule has 0 spiro atoms. The lowest BCUT2D eigenvalue weighted by atomic mass is 9.95. The van der Waals surface area contributed by atoms with Gasteiger partial charge in [0.1, 0.15) is 5.56 Å². The molecular formula is C67H36F8N8. The highest BCUT2D eigenvalue weighted by molar-refractivity contribution is 6.12. The van der Waals surface area contributed by atoms with Gasteiger partial charge in [-0.2, -0.15) is 13.2 Å². The smallest absolute Gasteiger partial charge is 0.309 e. The zero-order valence-corrected chi connectivity index (χ0v) is 42.9. The SMILES string of the molecule is Fc1c(F)c(F)c(-c2ccc(-n3c4ccccc4c4ccc(-c5nc(-c6ccccc6)nc(-c6ccccc6)n5)cc43)c(C(F)(F)F)c2-n2c3ccccc3c3ccc(-c4nc(-c5ccccc5)nc(-c5ccccc5)n4)cc32)c(F)c1F. The number of benzene rings is 10. The largest absolute Gasteiger partial charge is 0.420 e. The van der Waals surface area contributed by atoms with E-state index in [-0.39, 0.29) is 45.4 Å². The van der Waals surface area contributed by atoms with Gasteiger partial charge in [-0.1, -0.05) is 182 Å². The molecule has 14 aromatic rings. The van der Waals surface area contributed by atoms with E-state index in [2.05, 4.69) is 0 Å². The Morgan fingerprint density at radius 3 is 1.01 bits per heavy atom. The highest BCUT2D eigenvalue weighted by atomic mass is 19.4. The summed E-state index contributed by atoms with van der Waals surface area (Å²) in [6.07, 6.45) is -5.44. The van der Waals surface area contributed by atoms with E-state index in [1.807, 2.05) is 121 Å². The number of rotatable bonds is 9. The van der Waals surface area contributed by atoms with E-state index in [0.29, 0.717) is 66.6 Å². The van der Waals surface area contributed by atoms with Crippen molar-refractivity contribution < 1.29 is 35.1 Å². The molecule has 0 fully saturated rings. The van der Waals surface area contributed by atoms with Crippen LogP contribution in [0.2, 0.25) is 0 Å². The fourth-order valence-electron chi connectivity index (χ4n) is 10.9. The molecule has 4 heterocycles. The van der Waals surface area contributed by atoms with Gasteiger partial charge in [-0.3, -0.25) is 0 Å². The van der Waals surface area contributed by atoms with Crippen LogP contribution < -0.4 is 0 Å². The van der Waals surface area contributed by atoms with Gasteiger partial charge in [0, 0.05) is 60.5 Å². The van der Waals surface area contributed by atoms with Gasteiger partial charge in [-0.15, -0.1) is 0 Å². The lowest BCUT2D eigenvalue weighted by Gasteiger charge is -2.25. The van der Waals surface area contributed by atoms with Crippen LogP contribution in [0.1, 0.15) is 5.56 Å². The van der Waals surface area contributed by atoms with Crippen LogP contribution in [0.25, 0.3) is 134 Å². The molecule has 0 aliphatic rings. The van der Waals surface area contributed by atoms with Crippen molar-refractivity contribution in [3.05, 3.63) is 253 Å². The number of halogens is 8. The number of fused-ring (bicyclic) bond motifs is 6. The standard InChI is InChI=1S/C67H36F8N8/c68-55-53(56(69)58(71)59(72)57(55)70)47-33-34-50(82-48-27-15-13-25-43(48)45-31-29-41(35-51(45)82)65-78-61(37-17-5-1-6-18-37)76-62(79-65)38-19-7-2-8-20-38)54(67(73,74)75)60(47)83-49-28-16-14-26-44(49)46-32-30-42(36-52(46)83)66-80-63(39-21-9-3-10-22-39)77-64(81-66)40-23-11-4-12-24-40/h1-36H. The van der Waals surface area contributed by atoms with E-state index in [4.69, 9.17) is 29.9 Å². The van der Waals surface area contributed by atoms with E-state index in [9.17, 15) is 4.39 Å². The highest BCUT2D eigenvalue weighted by Gasteiger charge is 2.42. The van der Waals surface area contributed by atoms with E-state index < -0.39 is 63.3 Å². The van der Waals surface area contributed by atoms with Gasteiger partial charge >= 0.3 is 6.18 Å². The summed E-state index contributed by atoms with van der Waals surface area (Å²) < 4.78 is 134. The lowest BCUT2D eigenvalue weighted by Crippen LogP contribution is -2.17. The van der Waals surface area contributed by atoms with Crippen LogP contribution in [0.5, 0.6) is 0 Å². The summed E-state index contributed by atoms with van der Waals surface area (Å²) in [6, 6.07) is 61.8. The summed E-state index contributed by atoms with van der Waals surface area (Å²) in [7, 11) is 0. The van der Waals surface area contributed by atoms with Gasteiger partial charge in [0.15, 0.2) is 58.2 Å². The van der Waals surface area contributed by atoms with Crippen molar-refractivity contribution in [3.8, 4) is 90.8 Å². The molecule has 0 amide bonds. The average molecular weight is 1110 g/mol. The molecule has 16 heteroatoms. The first kappa shape index (κ1) is 50.5. The number of alkyl halides is 3. The zero-order valence-electron chi connectivity index (χ0n) is 42.9. The van der Waals surface area contributed by atoms with Crippen molar-refractivity contribution in [1.82, 2.24) is 39.0 Å². The molecule has 4 aromatic heterocycles. The second kappa shape index (κ2) is 19.8. The number of aromatic nitrogens is 8. The molecule has 0 saturated carbocycles. The predicted octanol–water partition coefficient (Wildman–Crippen LogP) is 17.6. The monoisotopic (exact) mass is 1100 g/mol. The fraction of sp³-hybridized carbons (Fsp3) is 0.0149. The summed E-state index contributed by atoms with van der Waals surface area (Å²) in [4.78, 5) is 29.1. The van der Waals surface area contributed by atoms with Crippen LogP contribution in [-0.2, 0) is 6.18 Å². The maximum absolute atomic E-state index is 17.2. The van der Waals surface area contributed by atoms with Gasteiger partial charge < -0.3 is 9.13 Å². The van der Waals surface area contributed by atoms with E-state index in [1.54, 1.807) is 72.8 Å². The van der Waals surface area contributed by atoms with Crippen LogP contribution in [-0.4, -0.2) is 39.0 Å². The lowest BCUT2D eigenvalue weighted by molar-refractivity contribution is -0.137. The molecule has 0 atom stereocenters. The molecule has 0 radical (unpaired) electrons. The van der Waals surface area contributed by atoms with Crippen LogP contribution in [0.4, 0.5) is 35.1 Å². The van der Waals surface area contributed by atoms with Gasteiger partial charge in [0.25, 0.3) is 0 Å². The second-order valence-electron chi connectivity index (χ2n) is 19.5. The second-order valence-corrected chi connectivity index (χ2v) is 19.5. The molecule has 83 heavy (non-hydrogen) atoms. The Morgan fingerprint density at radius 1 is 0.289 bits per heavy atom. The van der Waals surface area contributed by atoms with Crippen molar-refractivity contribution in [2.24, 2.45) is 0 Å². The third-order valence-electron chi connectivity index (χ3n) is 14.6. The summed E-state index contributed by atoms with van der Waals surface area (Å²) in [5.41, 5.74) is -1.50. The fourth-order valence-corrected chi connectivity index (χ4v) is 10.9. The Morgan fingerprint density at radius 2 is 0.614 bits per heavy atom. The van der Waals surface area contributed by atoms with Crippen molar-refractivity contribution in [3.63, 3.8) is 0 Å². The molecule has 8 nitrogen and oxygen atoms in total. The minimum atomic E-state index is -5.44. The van der Waals surface area contributed by atoms with Gasteiger partial charge in [0.2, 0.25) is 5.82 Å². The van der Waals surface area contributed by atoms with Crippen LogP contribution in [0.3, 0.4) is 0 Å². The van der Waals surface area contributed by atoms with Crippen molar-refractivity contribution in [2.75, 3.05) is 0 Å². The summed E-state index contributed by atoms with van der Waals surface area (Å²) in [5.74, 6) is -10.3. The molecule has 0 saturated heterocycles. The topological polar surface area (TPSA) is 87.2 Å². The minimum absolute atomic E-state index is 0.0437. The third-order valence-corrected chi connectivity index (χ3v) is 14.6. The number of nitrogens with zero attached hydrogens (tertiary/aromatic N) is 8. The molecule has 10 aromatic carbocycles. The van der Waals surface area contributed by atoms with Gasteiger partial charge in [-0.05, 0) is 36.4 Å². The van der Waals surface area contributed by atoms with E-state index >= 15 is 30.7 Å². The quantitative estimate of drug-likeness (QED) is 0.0813. The average Bonchev–Trinajstić information content (AvgIpc) is 2.55. The predicted molar refractivity (Wildman–Crippen MR) is 305 cm³/mol. The first-order valence-corrected chi connectivity index (χ1v) is 26.0. The molecular weight excluding hydrogens is 1070 g/mol. The number of hydrogen-bond acceptors (Lipinski definition) is 6. The molecule has 0 N–H and O–H groups in total. The van der Waals surface area contributed by atoms with Gasteiger partial charge in [-0.25, -0.2) is 51.9 Å². The summed E-state index contributed by atoms with van der Waals surface area (Å²) >= 11 is 0. The Kier molecular flexibility index (Phi) is 12.0. The first-order valence-electron chi connectivity index (χ1n) is 26.0. The number of para-hydroxylation sites is 2.